The number of hydrogen-bond donors (Lipinski definition) is 1. The van der Waals surface area contributed by atoms with E-state index in [9.17, 15) is 4.79 Å². The lowest BCUT2D eigenvalue weighted by Crippen LogP contribution is -2.20. The van der Waals surface area contributed by atoms with Gasteiger partial charge in [-0.25, -0.2) is 9.97 Å². The number of fused-ring (bicyclic) bond motifs is 1. The fraction of sp³-hybridized carbons (Fsp3) is 0.133. The number of benzene rings is 1. The van der Waals surface area contributed by atoms with Gasteiger partial charge in [0.05, 0.1) is 17.5 Å². The molecule has 1 N–H and O–H groups in total. The van der Waals surface area contributed by atoms with Crippen LogP contribution in [0.4, 0.5) is 5.69 Å². The van der Waals surface area contributed by atoms with E-state index in [4.69, 9.17) is 21.1 Å². The van der Waals surface area contributed by atoms with Crippen molar-refractivity contribution in [3.8, 4) is 11.6 Å². The number of ether oxygens (including phenoxy) is 2. The highest BCUT2D eigenvalue weighted by Gasteiger charge is 2.10. The lowest BCUT2D eigenvalue weighted by atomic mass is 10.3. The average molecular weight is 350 g/mol. The molecule has 0 fully saturated rings. The highest BCUT2D eigenvalue weighted by Crippen LogP contribution is 2.27. The van der Waals surface area contributed by atoms with Crippen LogP contribution in [0.5, 0.6) is 11.6 Å². The summed E-state index contributed by atoms with van der Waals surface area (Å²) in [5, 5.41) is 5.80. The fourth-order valence-corrected chi connectivity index (χ4v) is 2.94. The van der Waals surface area contributed by atoms with Crippen LogP contribution in [-0.4, -0.2) is 29.6 Å². The van der Waals surface area contributed by atoms with Crippen molar-refractivity contribution in [1.82, 2.24) is 9.97 Å². The van der Waals surface area contributed by atoms with Gasteiger partial charge in [0.15, 0.2) is 6.61 Å². The fourth-order valence-electron chi connectivity index (χ4n) is 1.96. The van der Waals surface area contributed by atoms with E-state index in [1.165, 1.54) is 24.8 Å². The van der Waals surface area contributed by atoms with Crippen LogP contribution in [0.25, 0.3) is 10.2 Å². The van der Waals surface area contributed by atoms with Crippen LogP contribution in [0, 0.1) is 0 Å². The first-order valence-corrected chi connectivity index (χ1v) is 7.87. The molecule has 8 heteroatoms. The minimum Gasteiger partial charge on any atom is -0.495 e. The largest absolute Gasteiger partial charge is 0.495 e. The normalized spacial score (nSPS) is 10.5. The van der Waals surface area contributed by atoms with E-state index in [-0.39, 0.29) is 12.5 Å². The van der Waals surface area contributed by atoms with Gasteiger partial charge >= 0.3 is 0 Å². The number of thiophene rings is 1. The lowest BCUT2D eigenvalue weighted by Gasteiger charge is -2.09. The zero-order valence-corrected chi connectivity index (χ0v) is 13.6. The smallest absolute Gasteiger partial charge is 0.262 e. The van der Waals surface area contributed by atoms with Crippen molar-refractivity contribution in [3.63, 3.8) is 0 Å². The molecule has 0 radical (unpaired) electrons. The number of carbonyl (C=O) groups excluding carboxylic acids is 1. The Morgan fingerprint density at radius 2 is 2.22 bits per heavy atom. The van der Waals surface area contributed by atoms with E-state index in [1.807, 2.05) is 11.4 Å². The molecule has 2 heterocycles. The van der Waals surface area contributed by atoms with E-state index in [1.54, 1.807) is 18.2 Å². The van der Waals surface area contributed by atoms with Crippen molar-refractivity contribution >= 4 is 44.7 Å². The maximum atomic E-state index is 12.0. The molecule has 6 nitrogen and oxygen atoms in total. The number of methoxy groups -OCH3 is 1. The molecule has 0 spiro atoms. The second kappa shape index (κ2) is 6.80. The predicted octanol–water partition coefficient (Wildman–Crippen LogP) is 3.37. The predicted molar refractivity (Wildman–Crippen MR) is 89.5 cm³/mol. The van der Waals surface area contributed by atoms with Gasteiger partial charge in [0.2, 0.25) is 5.88 Å². The van der Waals surface area contributed by atoms with Gasteiger partial charge in [-0.15, -0.1) is 11.3 Å². The number of amides is 1. The van der Waals surface area contributed by atoms with Crippen LogP contribution >= 0.6 is 22.9 Å². The first kappa shape index (κ1) is 15.5. The summed E-state index contributed by atoms with van der Waals surface area (Å²) in [6.45, 7) is -0.161. The number of aromatic nitrogens is 2. The van der Waals surface area contributed by atoms with Gasteiger partial charge in [0.1, 0.15) is 16.9 Å². The number of rotatable bonds is 5. The Morgan fingerprint density at radius 3 is 3.00 bits per heavy atom. The summed E-state index contributed by atoms with van der Waals surface area (Å²) in [5.41, 5.74) is 0.563. The topological polar surface area (TPSA) is 73.3 Å². The van der Waals surface area contributed by atoms with Crippen LogP contribution in [0.15, 0.2) is 36.0 Å². The van der Waals surface area contributed by atoms with Crippen LogP contribution in [0.1, 0.15) is 0 Å². The third kappa shape index (κ3) is 3.52. The Labute approximate surface area is 141 Å². The molecule has 0 bridgehead atoms. The Bertz CT molecular complexity index is 853. The molecule has 1 aromatic carbocycles. The second-order valence-corrected chi connectivity index (χ2v) is 5.81. The zero-order valence-electron chi connectivity index (χ0n) is 12.1. The molecule has 0 saturated carbocycles. The van der Waals surface area contributed by atoms with Gasteiger partial charge in [0.25, 0.3) is 5.91 Å². The van der Waals surface area contributed by atoms with E-state index < -0.39 is 0 Å². The molecule has 2 aromatic heterocycles. The van der Waals surface area contributed by atoms with Crippen molar-refractivity contribution in [2.24, 2.45) is 0 Å². The summed E-state index contributed by atoms with van der Waals surface area (Å²) in [6, 6.07) is 6.85. The van der Waals surface area contributed by atoms with E-state index in [0.29, 0.717) is 22.3 Å². The molecular formula is C15H12ClN3O3S. The Morgan fingerprint density at radius 1 is 1.35 bits per heavy atom. The van der Waals surface area contributed by atoms with Crippen molar-refractivity contribution in [2.75, 3.05) is 19.0 Å². The molecule has 1 amide bonds. The van der Waals surface area contributed by atoms with Gasteiger partial charge in [0, 0.05) is 5.69 Å². The van der Waals surface area contributed by atoms with Crippen LogP contribution < -0.4 is 14.8 Å². The zero-order chi connectivity index (χ0) is 16.2. The molecule has 0 saturated heterocycles. The first-order valence-electron chi connectivity index (χ1n) is 6.62. The molecule has 0 atom stereocenters. The lowest BCUT2D eigenvalue weighted by molar-refractivity contribution is -0.118. The average Bonchev–Trinajstić information content (AvgIpc) is 3.02. The van der Waals surface area contributed by atoms with Crippen LogP contribution in [0.3, 0.4) is 0 Å². The third-order valence-corrected chi connectivity index (χ3v) is 4.12. The van der Waals surface area contributed by atoms with Crippen molar-refractivity contribution in [2.45, 2.75) is 0 Å². The molecule has 118 valence electrons. The summed E-state index contributed by atoms with van der Waals surface area (Å²) in [5.74, 6) is 0.620. The maximum Gasteiger partial charge on any atom is 0.262 e. The minimum atomic E-state index is -0.312. The SMILES string of the molecule is COc1ccc(NC(=O)COc2ncnc3sccc23)cc1Cl. The second-order valence-electron chi connectivity index (χ2n) is 4.50. The monoisotopic (exact) mass is 349 g/mol. The van der Waals surface area contributed by atoms with Gasteiger partial charge in [-0.1, -0.05) is 11.6 Å². The summed E-state index contributed by atoms with van der Waals surface area (Å²) in [4.78, 5) is 21.0. The van der Waals surface area contributed by atoms with Gasteiger partial charge in [-0.3, -0.25) is 4.79 Å². The minimum absolute atomic E-state index is 0.161. The standard InChI is InChI=1S/C15H12ClN3O3S/c1-21-12-3-2-9(6-11(12)16)19-13(20)7-22-14-10-4-5-23-15(10)18-8-17-14/h2-6,8H,7H2,1H3,(H,19,20). The summed E-state index contributed by atoms with van der Waals surface area (Å²) >= 11 is 7.50. The number of carbonyl (C=O) groups is 1. The quantitative estimate of drug-likeness (QED) is 0.764. The third-order valence-electron chi connectivity index (χ3n) is 3.00. The number of nitrogens with zero attached hydrogens (tertiary/aromatic N) is 2. The van der Waals surface area contributed by atoms with Gasteiger partial charge in [-0.2, -0.15) is 0 Å². The van der Waals surface area contributed by atoms with Crippen molar-refractivity contribution in [3.05, 3.63) is 41.0 Å². The summed E-state index contributed by atoms with van der Waals surface area (Å²) < 4.78 is 10.5. The molecule has 0 unspecified atom stereocenters. The molecule has 3 aromatic rings. The molecule has 23 heavy (non-hydrogen) atoms. The van der Waals surface area contributed by atoms with Crippen LogP contribution in [-0.2, 0) is 4.79 Å². The first-order chi connectivity index (χ1) is 11.2. The Kier molecular flexibility index (Phi) is 4.59. The molecule has 0 aliphatic heterocycles. The van der Waals surface area contributed by atoms with Crippen LogP contribution in [0.2, 0.25) is 5.02 Å². The molecular weight excluding hydrogens is 338 g/mol. The molecule has 0 aliphatic rings. The van der Waals surface area contributed by atoms with E-state index in [0.717, 1.165) is 10.2 Å². The highest BCUT2D eigenvalue weighted by atomic mass is 35.5. The summed E-state index contributed by atoms with van der Waals surface area (Å²) in [6.07, 6.45) is 1.41. The molecule has 3 rings (SSSR count). The van der Waals surface area contributed by atoms with E-state index in [2.05, 4.69) is 15.3 Å². The van der Waals surface area contributed by atoms with Crippen molar-refractivity contribution in [1.29, 1.82) is 0 Å². The van der Waals surface area contributed by atoms with Gasteiger partial charge < -0.3 is 14.8 Å². The Hall–Kier alpha value is -2.38. The highest BCUT2D eigenvalue weighted by molar-refractivity contribution is 7.16. The summed E-state index contributed by atoms with van der Waals surface area (Å²) in [7, 11) is 1.53. The number of anilines is 1. The number of nitrogens with one attached hydrogen (secondary N) is 1. The maximum absolute atomic E-state index is 12.0. The van der Waals surface area contributed by atoms with Crippen molar-refractivity contribution < 1.29 is 14.3 Å². The number of halogens is 1. The van der Waals surface area contributed by atoms with E-state index >= 15 is 0 Å². The number of hydrogen-bond acceptors (Lipinski definition) is 6. The molecule has 0 aliphatic carbocycles. The van der Waals surface area contributed by atoms with Gasteiger partial charge in [-0.05, 0) is 29.6 Å². The Balaban J connectivity index is 1.63.